The molecule has 0 amide bonds. The van der Waals surface area contributed by atoms with Gasteiger partial charge in [0, 0.05) is 31.7 Å². The summed E-state index contributed by atoms with van der Waals surface area (Å²) in [5.41, 5.74) is 1.36. The molecular weight excluding hydrogens is 505 g/mol. The van der Waals surface area contributed by atoms with E-state index in [0.29, 0.717) is 12.1 Å². The molecule has 1 aliphatic heterocycles. The van der Waals surface area contributed by atoms with Crippen LogP contribution >= 0.6 is 35.3 Å². The van der Waals surface area contributed by atoms with Gasteiger partial charge in [-0.2, -0.15) is 0 Å². The number of anilines is 1. The molecule has 1 aromatic heterocycles. The van der Waals surface area contributed by atoms with Crippen molar-refractivity contribution in [3.8, 4) is 0 Å². The first kappa shape index (κ1) is 24.9. The minimum Gasteiger partial charge on any atom is -0.363 e. The number of rotatable bonds is 8. The predicted molar refractivity (Wildman–Crippen MR) is 142 cm³/mol. The van der Waals surface area contributed by atoms with Crippen LogP contribution in [-0.2, 0) is 6.42 Å². The minimum absolute atomic E-state index is 0. The van der Waals surface area contributed by atoms with Crippen LogP contribution in [0, 0.1) is 0 Å². The van der Waals surface area contributed by atoms with E-state index >= 15 is 0 Å². The summed E-state index contributed by atoms with van der Waals surface area (Å²) in [5, 5.41) is 10.7. The second kappa shape index (κ2) is 13.2. The Balaban J connectivity index is 0.00000320. The molecule has 5 nitrogen and oxygen atoms in total. The smallest absolute Gasteiger partial charge is 0.191 e. The summed E-state index contributed by atoms with van der Waals surface area (Å²) in [7, 11) is 4.29. The molecule has 1 aromatic carbocycles. The maximum Gasteiger partial charge on any atom is 0.191 e. The van der Waals surface area contributed by atoms with E-state index in [4.69, 9.17) is 4.99 Å². The van der Waals surface area contributed by atoms with E-state index in [-0.39, 0.29) is 24.0 Å². The normalized spacial score (nSPS) is 16.3. The molecular formula is C23H36IN5S. The van der Waals surface area contributed by atoms with E-state index in [9.17, 15) is 0 Å². The van der Waals surface area contributed by atoms with E-state index in [1.54, 1.807) is 0 Å². The Morgan fingerprint density at radius 2 is 1.90 bits per heavy atom. The van der Waals surface area contributed by atoms with Gasteiger partial charge in [0.05, 0.1) is 11.5 Å². The molecule has 2 aromatic rings. The molecule has 2 heterocycles. The molecule has 0 saturated carbocycles. The summed E-state index contributed by atoms with van der Waals surface area (Å²) >= 11 is 1.83. The minimum atomic E-state index is 0. The number of hydrogen-bond acceptors (Lipinski definition) is 4. The molecule has 0 radical (unpaired) electrons. The molecule has 0 bridgehead atoms. The van der Waals surface area contributed by atoms with E-state index in [1.165, 1.54) is 10.6 Å². The van der Waals surface area contributed by atoms with E-state index < -0.39 is 0 Å². The van der Waals surface area contributed by atoms with E-state index in [2.05, 4.69) is 89.3 Å². The van der Waals surface area contributed by atoms with Gasteiger partial charge in [-0.3, -0.25) is 4.99 Å². The van der Waals surface area contributed by atoms with Crippen molar-refractivity contribution in [2.24, 2.45) is 4.99 Å². The lowest BCUT2D eigenvalue weighted by Crippen LogP contribution is -2.49. The largest absolute Gasteiger partial charge is 0.363 e. The van der Waals surface area contributed by atoms with Gasteiger partial charge in [0.15, 0.2) is 5.96 Å². The molecule has 30 heavy (non-hydrogen) atoms. The van der Waals surface area contributed by atoms with Crippen molar-refractivity contribution in [3.63, 3.8) is 0 Å². The molecule has 2 N–H and O–H groups in total. The van der Waals surface area contributed by atoms with Gasteiger partial charge in [-0.1, -0.05) is 30.3 Å². The predicted octanol–water partition coefficient (Wildman–Crippen LogP) is 4.06. The van der Waals surface area contributed by atoms with Gasteiger partial charge in [0.2, 0.25) is 0 Å². The third-order valence-corrected chi connectivity index (χ3v) is 6.43. The second-order valence-electron chi connectivity index (χ2n) is 7.88. The van der Waals surface area contributed by atoms with Gasteiger partial charge >= 0.3 is 0 Å². The van der Waals surface area contributed by atoms with Gasteiger partial charge in [0.1, 0.15) is 0 Å². The second-order valence-corrected chi connectivity index (χ2v) is 8.81. The number of nitrogens with zero attached hydrogens (tertiary/aromatic N) is 3. The third kappa shape index (κ3) is 7.74. The van der Waals surface area contributed by atoms with Crippen LogP contribution in [0.25, 0.3) is 0 Å². The first-order valence-electron chi connectivity index (χ1n) is 10.7. The number of guanidine groups is 1. The Morgan fingerprint density at radius 3 is 2.50 bits per heavy atom. The Labute approximate surface area is 203 Å². The molecule has 166 valence electrons. The molecule has 1 fully saturated rings. The van der Waals surface area contributed by atoms with Crippen molar-refractivity contribution >= 4 is 46.3 Å². The zero-order valence-corrected chi connectivity index (χ0v) is 21.5. The fourth-order valence-electron chi connectivity index (χ4n) is 3.70. The summed E-state index contributed by atoms with van der Waals surface area (Å²) < 4.78 is 0. The lowest BCUT2D eigenvalue weighted by molar-refractivity contribution is 0.298. The summed E-state index contributed by atoms with van der Waals surface area (Å²) in [6.07, 6.45) is 3.29. The molecule has 0 aliphatic carbocycles. The SMILES string of the molecule is CCNC(=NCC(Cc1ccccc1)N(C)C)NC1CCN(c2cccs2)CC1.I. The van der Waals surface area contributed by atoms with Gasteiger partial charge in [-0.15, -0.1) is 35.3 Å². The van der Waals surface area contributed by atoms with Gasteiger partial charge in [0.25, 0.3) is 0 Å². The van der Waals surface area contributed by atoms with Crippen LogP contribution in [0.2, 0.25) is 0 Å². The summed E-state index contributed by atoms with van der Waals surface area (Å²) in [6.45, 7) is 6.00. The summed E-state index contributed by atoms with van der Waals surface area (Å²) in [6, 6.07) is 15.9. The lowest BCUT2D eigenvalue weighted by atomic mass is 10.1. The highest BCUT2D eigenvalue weighted by atomic mass is 127. The zero-order valence-electron chi connectivity index (χ0n) is 18.4. The number of hydrogen-bond donors (Lipinski definition) is 2. The Hall–Kier alpha value is -1.32. The van der Waals surface area contributed by atoms with Crippen molar-refractivity contribution in [3.05, 3.63) is 53.4 Å². The van der Waals surface area contributed by atoms with Crippen molar-refractivity contribution < 1.29 is 0 Å². The molecule has 7 heteroatoms. The summed E-state index contributed by atoms with van der Waals surface area (Å²) in [5.74, 6) is 0.946. The Morgan fingerprint density at radius 1 is 1.17 bits per heavy atom. The number of aliphatic imine (C=N–C) groups is 1. The average Bonchev–Trinajstić information content (AvgIpc) is 3.27. The topological polar surface area (TPSA) is 42.9 Å². The highest BCUT2D eigenvalue weighted by Crippen LogP contribution is 2.24. The van der Waals surface area contributed by atoms with E-state index in [0.717, 1.165) is 51.4 Å². The first-order chi connectivity index (χ1) is 14.2. The molecule has 1 saturated heterocycles. The van der Waals surface area contributed by atoms with Crippen LogP contribution < -0.4 is 15.5 Å². The van der Waals surface area contributed by atoms with Crippen molar-refractivity contribution in [1.29, 1.82) is 0 Å². The number of halogens is 1. The quantitative estimate of drug-likeness (QED) is 0.301. The number of piperidine rings is 1. The maximum atomic E-state index is 4.94. The van der Waals surface area contributed by atoms with Crippen LogP contribution in [0.3, 0.4) is 0 Å². The maximum absolute atomic E-state index is 4.94. The molecule has 0 spiro atoms. The summed E-state index contributed by atoms with van der Waals surface area (Å²) in [4.78, 5) is 9.71. The van der Waals surface area contributed by atoms with Crippen LogP contribution in [0.15, 0.2) is 52.8 Å². The van der Waals surface area contributed by atoms with Gasteiger partial charge in [-0.05, 0) is 63.4 Å². The number of likely N-dealkylation sites (N-methyl/N-ethyl adjacent to an activating group) is 1. The first-order valence-corrected chi connectivity index (χ1v) is 11.6. The average molecular weight is 542 g/mol. The van der Waals surface area contributed by atoms with Gasteiger partial charge in [-0.25, -0.2) is 0 Å². The van der Waals surface area contributed by atoms with Gasteiger partial charge < -0.3 is 20.4 Å². The molecule has 1 aliphatic rings. The van der Waals surface area contributed by atoms with Crippen LogP contribution in [0.4, 0.5) is 5.00 Å². The molecule has 3 rings (SSSR count). The third-order valence-electron chi connectivity index (χ3n) is 5.50. The van der Waals surface area contributed by atoms with Crippen molar-refractivity contribution in [2.75, 3.05) is 45.2 Å². The Bertz CT molecular complexity index is 727. The monoisotopic (exact) mass is 541 g/mol. The fraction of sp³-hybridized carbons (Fsp3) is 0.522. The molecule has 1 atom stereocenters. The van der Waals surface area contributed by atoms with Crippen LogP contribution in [0.5, 0.6) is 0 Å². The molecule has 1 unspecified atom stereocenters. The van der Waals surface area contributed by atoms with Crippen molar-refractivity contribution in [2.45, 2.75) is 38.3 Å². The zero-order chi connectivity index (χ0) is 20.5. The van der Waals surface area contributed by atoms with Crippen LogP contribution in [0.1, 0.15) is 25.3 Å². The lowest BCUT2D eigenvalue weighted by Gasteiger charge is -2.33. The number of nitrogens with one attached hydrogen (secondary N) is 2. The van der Waals surface area contributed by atoms with E-state index in [1.807, 2.05) is 11.3 Å². The Kier molecular flexibility index (Phi) is 11.0. The van der Waals surface area contributed by atoms with Crippen LogP contribution in [-0.4, -0.2) is 63.2 Å². The number of thiophene rings is 1. The highest BCUT2D eigenvalue weighted by molar-refractivity contribution is 14.0. The fourth-order valence-corrected chi connectivity index (χ4v) is 4.49. The van der Waals surface area contributed by atoms with Crippen molar-refractivity contribution in [1.82, 2.24) is 15.5 Å². The highest BCUT2D eigenvalue weighted by Gasteiger charge is 2.21. The standard InChI is InChI=1S/C23H35N5S.HI/c1-4-24-23(25-18-21(27(2)3)17-19-9-6-5-7-10-19)26-20-12-14-28(15-13-20)22-11-8-16-29-22;/h5-11,16,20-21H,4,12-15,17-18H2,1-3H3,(H2,24,25,26);1H. The number of benzene rings is 1.